The lowest BCUT2D eigenvalue weighted by atomic mass is 9.95. The molecule has 0 aliphatic rings. The third-order valence-electron chi connectivity index (χ3n) is 3.63. The molecule has 0 radical (unpaired) electrons. The van der Waals surface area contributed by atoms with Gasteiger partial charge >= 0.3 is 0 Å². The van der Waals surface area contributed by atoms with E-state index in [1.54, 1.807) is 0 Å². The highest BCUT2D eigenvalue weighted by Gasteiger charge is 2.16. The maximum Gasteiger partial charge on any atom is 0.0855 e. The summed E-state index contributed by atoms with van der Waals surface area (Å²) in [7, 11) is 0. The molecule has 1 atom stereocenters. The van der Waals surface area contributed by atoms with Gasteiger partial charge in [-0.15, -0.1) is 11.6 Å². The predicted octanol–water partition coefficient (Wildman–Crippen LogP) is 6.13. The average Bonchev–Trinajstić information content (AvgIpc) is 2.48. The van der Waals surface area contributed by atoms with Crippen LogP contribution in [0.4, 0.5) is 0 Å². The molecule has 0 saturated carbocycles. The number of fused-ring (bicyclic) bond motifs is 1. The number of hydrogen-bond acceptors (Lipinski definition) is 0. The third kappa shape index (κ3) is 2.30. The van der Waals surface area contributed by atoms with Crippen LogP contribution in [-0.2, 0) is 0 Å². The van der Waals surface area contributed by atoms with Crippen molar-refractivity contribution in [3.63, 3.8) is 0 Å². The molecule has 20 heavy (non-hydrogen) atoms. The number of hydrogen-bond donors (Lipinski definition) is 0. The maximum absolute atomic E-state index is 6.68. The molecule has 0 heterocycles. The number of alkyl halides is 1. The molecule has 100 valence electrons. The van der Waals surface area contributed by atoms with Crippen LogP contribution < -0.4 is 0 Å². The zero-order valence-electron chi connectivity index (χ0n) is 11.1. The number of aryl methyl sites for hydroxylation is 1. The summed E-state index contributed by atoms with van der Waals surface area (Å²) < 4.78 is 0. The fourth-order valence-electron chi connectivity index (χ4n) is 2.54. The molecular formula is C18H14Cl2. The summed E-state index contributed by atoms with van der Waals surface area (Å²) in [6, 6.07) is 20.3. The highest BCUT2D eigenvalue weighted by molar-refractivity contribution is 6.33. The molecule has 0 spiro atoms. The second kappa shape index (κ2) is 5.47. The van der Waals surface area contributed by atoms with Crippen LogP contribution in [0.2, 0.25) is 5.02 Å². The van der Waals surface area contributed by atoms with E-state index in [2.05, 4.69) is 37.3 Å². The lowest BCUT2D eigenvalue weighted by molar-refractivity contribution is 1.16. The zero-order chi connectivity index (χ0) is 14.1. The SMILES string of the molecule is Cc1ccc(C(Cl)c2ccccc2Cl)c2ccccc12. The molecule has 0 N–H and O–H groups in total. The van der Waals surface area contributed by atoms with Crippen LogP contribution in [0.15, 0.2) is 60.7 Å². The Kier molecular flexibility index (Phi) is 3.69. The van der Waals surface area contributed by atoms with Gasteiger partial charge in [-0.25, -0.2) is 0 Å². The van der Waals surface area contributed by atoms with Gasteiger partial charge in [-0.05, 0) is 40.5 Å². The minimum absolute atomic E-state index is 0.241. The highest BCUT2D eigenvalue weighted by Crippen LogP contribution is 2.37. The molecule has 3 aromatic rings. The first kappa shape index (κ1) is 13.5. The Morgan fingerprint density at radius 2 is 1.40 bits per heavy atom. The van der Waals surface area contributed by atoms with Crippen molar-refractivity contribution in [1.29, 1.82) is 0 Å². The average molecular weight is 301 g/mol. The number of halogens is 2. The summed E-state index contributed by atoms with van der Waals surface area (Å²) in [5.74, 6) is 0. The Hall–Kier alpha value is -1.50. The van der Waals surface area contributed by atoms with Gasteiger partial charge in [-0.3, -0.25) is 0 Å². The van der Waals surface area contributed by atoms with Crippen molar-refractivity contribution in [2.75, 3.05) is 0 Å². The second-order valence-corrected chi connectivity index (χ2v) is 5.74. The first-order valence-electron chi connectivity index (χ1n) is 6.55. The summed E-state index contributed by atoms with van der Waals surface area (Å²) in [6.45, 7) is 2.12. The summed E-state index contributed by atoms with van der Waals surface area (Å²) >= 11 is 13.0. The highest BCUT2D eigenvalue weighted by atomic mass is 35.5. The zero-order valence-corrected chi connectivity index (χ0v) is 12.6. The Morgan fingerprint density at radius 3 is 2.15 bits per heavy atom. The van der Waals surface area contributed by atoms with Crippen LogP contribution in [-0.4, -0.2) is 0 Å². The lowest BCUT2D eigenvalue weighted by Crippen LogP contribution is -1.96. The molecule has 3 aromatic carbocycles. The van der Waals surface area contributed by atoms with Crippen molar-refractivity contribution in [1.82, 2.24) is 0 Å². The third-order valence-corrected chi connectivity index (χ3v) is 4.44. The first-order chi connectivity index (χ1) is 9.68. The Labute approximate surface area is 129 Å². The van der Waals surface area contributed by atoms with Gasteiger partial charge in [0.25, 0.3) is 0 Å². The van der Waals surface area contributed by atoms with Crippen LogP contribution >= 0.6 is 23.2 Å². The molecule has 2 heteroatoms. The summed E-state index contributed by atoms with van der Waals surface area (Å²) in [5.41, 5.74) is 3.30. The van der Waals surface area contributed by atoms with Crippen LogP contribution in [0.1, 0.15) is 22.1 Å². The number of rotatable bonds is 2. The van der Waals surface area contributed by atoms with Gasteiger partial charge < -0.3 is 0 Å². The molecule has 0 fully saturated rings. The van der Waals surface area contributed by atoms with E-state index in [0.717, 1.165) is 11.1 Å². The lowest BCUT2D eigenvalue weighted by Gasteiger charge is -2.15. The largest absolute Gasteiger partial charge is 0.113 e. The second-order valence-electron chi connectivity index (χ2n) is 4.90. The maximum atomic E-state index is 6.68. The number of benzene rings is 3. The van der Waals surface area contributed by atoms with Gasteiger partial charge in [0.1, 0.15) is 0 Å². The predicted molar refractivity (Wildman–Crippen MR) is 87.8 cm³/mol. The van der Waals surface area contributed by atoms with E-state index in [-0.39, 0.29) is 5.38 Å². The van der Waals surface area contributed by atoms with Gasteiger partial charge in [0.2, 0.25) is 0 Å². The smallest absolute Gasteiger partial charge is 0.0855 e. The Balaban J connectivity index is 2.20. The van der Waals surface area contributed by atoms with Crippen molar-refractivity contribution < 1.29 is 0 Å². The quantitative estimate of drug-likeness (QED) is 0.499. The summed E-state index contributed by atoms with van der Waals surface area (Å²) in [4.78, 5) is 0. The topological polar surface area (TPSA) is 0 Å². The van der Waals surface area contributed by atoms with Crippen LogP contribution in [0.25, 0.3) is 10.8 Å². The van der Waals surface area contributed by atoms with Gasteiger partial charge in [-0.2, -0.15) is 0 Å². The Morgan fingerprint density at radius 1 is 0.750 bits per heavy atom. The fourth-order valence-corrected chi connectivity index (χ4v) is 3.22. The molecule has 0 aliphatic heterocycles. The van der Waals surface area contributed by atoms with E-state index in [4.69, 9.17) is 23.2 Å². The molecule has 0 aromatic heterocycles. The standard InChI is InChI=1S/C18H14Cl2/c1-12-10-11-15(14-7-3-2-6-13(12)14)18(20)16-8-4-5-9-17(16)19/h2-11,18H,1H3. The molecule has 0 nitrogen and oxygen atoms in total. The minimum Gasteiger partial charge on any atom is -0.113 e. The molecule has 0 aliphatic carbocycles. The van der Waals surface area contributed by atoms with E-state index in [1.165, 1.54) is 16.3 Å². The molecular weight excluding hydrogens is 287 g/mol. The molecule has 0 amide bonds. The van der Waals surface area contributed by atoms with Crippen molar-refractivity contribution in [2.24, 2.45) is 0 Å². The molecule has 0 saturated heterocycles. The molecule has 0 bridgehead atoms. The minimum atomic E-state index is -0.241. The summed E-state index contributed by atoms with van der Waals surface area (Å²) in [5, 5.41) is 2.89. The molecule has 1 unspecified atom stereocenters. The first-order valence-corrected chi connectivity index (χ1v) is 7.36. The van der Waals surface area contributed by atoms with Crippen LogP contribution in [0.3, 0.4) is 0 Å². The Bertz CT molecular complexity index is 762. The summed E-state index contributed by atoms with van der Waals surface area (Å²) in [6.07, 6.45) is 0. The van der Waals surface area contributed by atoms with Crippen molar-refractivity contribution in [3.05, 3.63) is 82.4 Å². The van der Waals surface area contributed by atoms with Crippen molar-refractivity contribution in [2.45, 2.75) is 12.3 Å². The van der Waals surface area contributed by atoms with Gasteiger partial charge in [-0.1, -0.05) is 66.2 Å². The van der Waals surface area contributed by atoms with Gasteiger partial charge in [0.05, 0.1) is 5.38 Å². The fraction of sp³-hybridized carbons (Fsp3) is 0.111. The van der Waals surface area contributed by atoms with E-state index < -0.39 is 0 Å². The van der Waals surface area contributed by atoms with Gasteiger partial charge in [0.15, 0.2) is 0 Å². The van der Waals surface area contributed by atoms with E-state index >= 15 is 0 Å². The van der Waals surface area contributed by atoms with Crippen molar-refractivity contribution in [3.8, 4) is 0 Å². The van der Waals surface area contributed by atoms with E-state index in [1.807, 2.05) is 30.3 Å². The van der Waals surface area contributed by atoms with Gasteiger partial charge in [0, 0.05) is 5.02 Å². The van der Waals surface area contributed by atoms with Crippen LogP contribution in [0.5, 0.6) is 0 Å². The normalized spacial score (nSPS) is 12.6. The van der Waals surface area contributed by atoms with Crippen molar-refractivity contribution >= 4 is 34.0 Å². The monoisotopic (exact) mass is 300 g/mol. The van der Waals surface area contributed by atoms with E-state index in [0.29, 0.717) is 5.02 Å². The molecule has 3 rings (SSSR count). The van der Waals surface area contributed by atoms with Crippen LogP contribution in [0, 0.1) is 6.92 Å². The van der Waals surface area contributed by atoms with E-state index in [9.17, 15) is 0 Å².